The largest absolute Gasteiger partial charge is 0.390 e. The van der Waals surface area contributed by atoms with Crippen molar-refractivity contribution in [3.8, 4) is 0 Å². The number of sulfone groups is 1. The number of carbonyl (C=O) groups excluding carboxylic acids is 2. The number of piperidine rings is 1. The number of hydrogen-bond donors (Lipinski definition) is 3. The van der Waals surface area contributed by atoms with Crippen LogP contribution in [0.4, 0.5) is 0 Å². The summed E-state index contributed by atoms with van der Waals surface area (Å²) in [6.07, 6.45) is 6.01. The predicted molar refractivity (Wildman–Crippen MR) is 153 cm³/mol. The van der Waals surface area contributed by atoms with Crippen molar-refractivity contribution in [3.63, 3.8) is 0 Å². The number of fused-ring (bicyclic) bond motifs is 1. The van der Waals surface area contributed by atoms with Gasteiger partial charge in [0.2, 0.25) is 11.8 Å². The first-order valence-corrected chi connectivity index (χ1v) is 16.5. The van der Waals surface area contributed by atoms with E-state index in [-0.39, 0.29) is 41.4 Å². The van der Waals surface area contributed by atoms with E-state index >= 15 is 0 Å². The van der Waals surface area contributed by atoms with Gasteiger partial charge < -0.3 is 15.7 Å². The van der Waals surface area contributed by atoms with E-state index in [1.54, 1.807) is 0 Å². The van der Waals surface area contributed by atoms with Crippen LogP contribution in [0.15, 0.2) is 30.3 Å². The quantitative estimate of drug-likeness (QED) is 0.450. The van der Waals surface area contributed by atoms with Crippen LogP contribution >= 0.6 is 0 Å². The maximum atomic E-state index is 13.4. The van der Waals surface area contributed by atoms with E-state index in [4.69, 9.17) is 0 Å². The molecular formula is C30H47N3O5S. The number of β-amino-alcohol motifs (C(OH)–C–C–N with tert-alkyl or cyclic N) is 1. The van der Waals surface area contributed by atoms with E-state index in [0.717, 1.165) is 31.4 Å². The van der Waals surface area contributed by atoms with Gasteiger partial charge >= 0.3 is 0 Å². The summed E-state index contributed by atoms with van der Waals surface area (Å²) < 4.78 is 24.4. The Labute approximate surface area is 234 Å². The molecule has 2 aliphatic heterocycles. The summed E-state index contributed by atoms with van der Waals surface area (Å²) in [6, 6.07) is 8.78. The number of likely N-dealkylation sites (tertiary alicyclic amines) is 1. The molecule has 0 aromatic heterocycles. The van der Waals surface area contributed by atoms with Crippen LogP contribution in [0.5, 0.6) is 0 Å². The molecule has 0 spiro atoms. The van der Waals surface area contributed by atoms with E-state index in [1.165, 1.54) is 12.8 Å². The molecule has 3 aliphatic rings. The number of nitrogens with zero attached hydrogens (tertiary/aromatic N) is 1. The summed E-state index contributed by atoms with van der Waals surface area (Å²) in [5, 5.41) is 17.8. The third kappa shape index (κ3) is 8.51. The van der Waals surface area contributed by atoms with Crippen molar-refractivity contribution in [1.82, 2.24) is 15.5 Å². The maximum absolute atomic E-state index is 13.4. The van der Waals surface area contributed by atoms with Gasteiger partial charge in [-0.1, -0.05) is 49.6 Å². The van der Waals surface area contributed by atoms with Crippen molar-refractivity contribution < 1.29 is 23.1 Å². The standard InChI is InChI=1S/C30H47N3O5S/c1-30(2,3)32-29(36)26-17-22-12-7-8-13-23(22)18-33(26)19-27(34)25(16-21-10-5-4-6-11-21)31-28(35)24-14-9-15-39(37,38)20-24/h4-6,10-11,22-27,34H,7-9,12-20H2,1-3H3,(H,31,35)(H,32,36)/t22-,23+,24-,25-,26-,27+/m0/s1. The topological polar surface area (TPSA) is 116 Å². The second-order valence-corrected chi connectivity index (χ2v) is 15.3. The van der Waals surface area contributed by atoms with Gasteiger partial charge in [0, 0.05) is 18.6 Å². The lowest BCUT2D eigenvalue weighted by atomic mass is 9.72. The Balaban J connectivity index is 1.52. The van der Waals surface area contributed by atoms with E-state index in [1.807, 2.05) is 51.1 Å². The zero-order valence-electron chi connectivity index (χ0n) is 23.8. The lowest BCUT2D eigenvalue weighted by Crippen LogP contribution is -2.60. The average Bonchev–Trinajstić information content (AvgIpc) is 2.86. The Morgan fingerprint density at radius 1 is 1.03 bits per heavy atom. The van der Waals surface area contributed by atoms with E-state index in [9.17, 15) is 23.1 Å². The molecule has 218 valence electrons. The Morgan fingerprint density at radius 2 is 1.72 bits per heavy atom. The summed E-state index contributed by atoms with van der Waals surface area (Å²) in [5.41, 5.74) is 0.626. The molecule has 39 heavy (non-hydrogen) atoms. The van der Waals surface area contributed by atoms with E-state index < -0.39 is 27.9 Å². The molecule has 3 N–H and O–H groups in total. The number of nitrogens with one attached hydrogen (secondary N) is 2. The summed E-state index contributed by atoms with van der Waals surface area (Å²) in [4.78, 5) is 28.8. The van der Waals surface area contributed by atoms with Gasteiger partial charge in [0.05, 0.1) is 35.6 Å². The Kier molecular flexibility index (Phi) is 9.76. The first kappa shape index (κ1) is 30.0. The molecule has 1 aromatic carbocycles. The van der Waals surface area contributed by atoms with Crippen molar-refractivity contribution in [1.29, 1.82) is 0 Å². The summed E-state index contributed by atoms with van der Waals surface area (Å²) in [7, 11) is -3.23. The fraction of sp³-hybridized carbons (Fsp3) is 0.733. The van der Waals surface area contributed by atoms with Crippen LogP contribution in [0.3, 0.4) is 0 Å². The second kappa shape index (κ2) is 12.7. The van der Waals surface area contributed by atoms with Crippen LogP contribution in [0.2, 0.25) is 0 Å². The third-order valence-electron chi connectivity index (χ3n) is 8.65. The number of amides is 2. The minimum Gasteiger partial charge on any atom is -0.390 e. The van der Waals surface area contributed by atoms with Crippen molar-refractivity contribution in [3.05, 3.63) is 35.9 Å². The molecule has 0 unspecified atom stereocenters. The highest BCUT2D eigenvalue weighted by Crippen LogP contribution is 2.39. The predicted octanol–water partition coefficient (Wildman–Crippen LogP) is 2.70. The molecule has 2 amide bonds. The molecule has 0 radical (unpaired) electrons. The summed E-state index contributed by atoms with van der Waals surface area (Å²) in [6.45, 7) is 6.97. The molecule has 8 nitrogen and oxygen atoms in total. The van der Waals surface area contributed by atoms with Gasteiger partial charge in [0.1, 0.15) is 0 Å². The maximum Gasteiger partial charge on any atom is 0.237 e. The number of carbonyl (C=O) groups is 2. The van der Waals surface area contributed by atoms with Gasteiger partial charge in [-0.25, -0.2) is 8.42 Å². The lowest BCUT2D eigenvalue weighted by molar-refractivity contribution is -0.133. The number of benzene rings is 1. The number of aliphatic hydroxyl groups excluding tert-OH is 1. The molecule has 3 fully saturated rings. The smallest absolute Gasteiger partial charge is 0.237 e. The van der Waals surface area contributed by atoms with Gasteiger partial charge in [-0.15, -0.1) is 0 Å². The lowest BCUT2D eigenvalue weighted by Gasteiger charge is -2.47. The highest BCUT2D eigenvalue weighted by atomic mass is 32.2. The first-order valence-electron chi connectivity index (χ1n) is 14.7. The molecule has 1 aliphatic carbocycles. The van der Waals surface area contributed by atoms with Crippen molar-refractivity contribution in [2.75, 3.05) is 24.6 Å². The van der Waals surface area contributed by atoms with Gasteiger partial charge in [-0.2, -0.15) is 0 Å². The molecular weight excluding hydrogens is 514 g/mol. The highest BCUT2D eigenvalue weighted by molar-refractivity contribution is 7.91. The van der Waals surface area contributed by atoms with Gasteiger partial charge in [0.25, 0.3) is 0 Å². The minimum absolute atomic E-state index is 0.00483. The van der Waals surface area contributed by atoms with Crippen molar-refractivity contribution >= 4 is 21.7 Å². The number of hydrogen-bond acceptors (Lipinski definition) is 6. The first-order chi connectivity index (χ1) is 18.4. The van der Waals surface area contributed by atoms with Crippen molar-refractivity contribution in [2.45, 2.75) is 95.9 Å². The van der Waals surface area contributed by atoms with Gasteiger partial charge in [-0.3, -0.25) is 14.5 Å². The van der Waals surface area contributed by atoms with Crippen LogP contribution in [0, 0.1) is 17.8 Å². The van der Waals surface area contributed by atoms with E-state index in [2.05, 4.69) is 15.5 Å². The highest BCUT2D eigenvalue weighted by Gasteiger charge is 2.42. The van der Waals surface area contributed by atoms with Gasteiger partial charge in [0.15, 0.2) is 9.84 Å². The van der Waals surface area contributed by atoms with Crippen LogP contribution in [-0.2, 0) is 25.8 Å². The second-order valence-electron chi connectivity index (χ2n) is 13.1. The Morgan fingerprint density at radius 3 is 2.38 bits per heavy atom. The van der Waals surface area contributed by atoms with Crippen LogP contribution < -0.4 is 10.6 Å². The third-order valence-corrected chi connectivity index (χ3v) is 10.5. The molecule has 0 bridgehead atoms. The SMILES string of the molecule is CC(C)(C)NC(=O)[C@@H]1C[C@@H]2CCCC[C@@H]2CN1C[C@@H](O)[C@H](Cc1ccccc1)NC(=O)[C@H]1CCCS(=O)(=O)C1. The van der Waals surface area contributed by atoms with Crippen molar-refractivity contribution in [2.24, 2.45) is 17.8 Å². The van der Waals surface area contributed by atoms with E-state index in [0.29, 0.717) is 31.1 Å². The average molecular weight is 562 g/mol. The Bertz CT molecular complexity index is 1090. The number of rotatable bonds is 8. The fourth-order valence-electron chi connectivity index (χ4n) is 6.68. The molecule has 2 heterocycles. The van der Waals surface area contributed by atoms with Crippen LogP contribution in [-0.4, -0.2) is 78.6 Å². The molecule has 2 saturated heterocycles. The molecule has 6 atom stereocenters. The fourth-order valence-corrected chi connectivity index (χ4v) is 8.38. The zero-order valence-corrected chi connectivity index (χ0v) is 24.6. The molecule has 4 rings (SSSR count). The van der Waals surface area contributed by atoms with Gasteiger partial charge in [-0.05, 0) is 70.3 Å². The summed E-state index contributed by atoms with van der Waals surface area (Å²) in [5.74, 6) is 0.105. The van der Waals surface area contributed by atoms with Crippen LogP contribution in [0.1, 0.15) is 71.3 Å². The normalized spacial score (nSPS) is 29.0. The molecule has 1 saturated carbocycles. The zero-order chi connectivity index (χ0) is 28.2. The molecule has 9 heteroatoms. The summed E-state index contributed by atoms with van der Waals surface area (Å²) >= 11 is 0. The number of aliphatic hydroxyl groups is 1. The molecule has 1 aromatic rings. The van der Waals surface area contributed by atoms with Crippen LogP contribution in [0.25, 0.3) is 0 Å². The monoisotopic (exact) mass is 561 g/mol. The Hall–Kier alpha value is -1.97. The minimum atomic E-state index is -3.23.